The molecule has 0 spiro atoms. The van der Waals surface area contributed by atoms with Gasteiger partial charge >= 0.3 is 0 Å². The Morgan fingerprint density at radius 3 is 2.34 bits per heavy atom. The van der Waals surface area contributed by atoms with Crippen molar-refractivity contribution in [2.45, 2.75) is 6.92 Å². The Morgan fingerprint density at radius 2 is 1.51 bits per heavy atom. The topological polar surface area (TPSA) is 78.9 Å². The number of halogens is 1. The van der Waals surface area contributed by atoms with Crippen LogP contribution in [-0.4, -0.2) is 15.9 Å². The number of nitrogens with one attached hydrogen (secondary N) is 3. The van der Waals surface area contributed by atoms with Crippen molar-refractivity contribution in [3.63, 3.8) is 0 Å². The van der Waals surface area contributed by atoms with Crippen molar-refractivity contribution in [1.82, 2.24) is 9.97 Å². The van der Waals surface area contributed by atoms with Gasteiger partial charge in [-0.2, -0.15) is 0 Å². The van der Waals surface area contributed by atoms with Crippen molar-refractivity contribution in [2.75, 3.05) is 16.0 Å². The van der Waals surface area contributed by atoms with Crippen LogP contribution in [0.15, 0.2) is 97.3 Å². The van der Waals surface area contributed by atoms with E-state index in [1.54, 1.807) is 42.7 Å². The van der Waals surface area contributed by atoms with E-state index in [0.29, 0.717) is 33.5 Å². The number of aryl methyl sites for hydroxylation is 1. The van der Waals surface area contributed by atoms with Gasteiger partial charge in [0.1, 0.15) is 5.82 Å². The van der Waals surface area contributed by atoms with E-state index in [4.69, 9.17) is 0 Å². The minimum atomic E-state index is -0.334. The Labute approximate surface area is 201 Å². The predicted octanol–water partition coefficient (Wildman–Crippen LogP) is 6.82. The Bertz CT molecular complexity index is 1520. The number of carbonyl (C=O) groups is 1. The maximum absolute atomic E-state index is 13.8. The fraction of sp³-hybridized carbons (Fsp3) is 0.0357. The summed E-state index contributed by atoms with van der Waals surface area (Å²) in [5.41, 5.74) is 6.06. The summed E-state index contributed by atoms with van der Waals surface area (Å²) in [7, 11) is 0. The molecule has 0 radical (unpaired) electrons. The van der Waals surface area contributed by atoms with Gasteiger partial charge in [0.2, 0.25) is 0 Å². The number of aromatic nitrogens is 2. The Hall–Kier alpha value is -4.78. The van der Waals surface area contributed by atoms with E-state index >= 15 is 0 Å². The molecule has 3 N–H and O–H groups in total. The van der Waals surface area contributed by atoms with E-state index in [2.05, 4.69) is 25.9 Å². The third-order valence-electron chi connectivity index (χ3n) is 5.44. The number of amides is 1. The minimum Gasteiger partial charge on any atom is -0.355 e. The summed E-state index contributed by atoms with van der Waals surface area (Å²) in [6.45, 7) is 1.94. The maximum Gasteiger partial charge on any atom is 0.255 e. The van der Waals surface area contributed by atoms with Crippen LogP contribution >= 0.6 is 0 Å². The SMILES string of the molecule is Cc1cc(Nc2ccc(NC(=O)c3cccc(Nc4ccnc5ccc(F)cc45)c3)cc2)ccn1. The van der Waals surface area contributed by atoms with Crippen LogP contribution in [0.2, 0.25) is 0 Å². The van der Waals surface area contributed by atoms with Gasteiger partial charge in [-0.3, -0.25) is 14.8 Å². The van der Waals surface area contributed by atoms with E-state index in [1.165, 1.54) is 12.1 Å². The second kappa shape index (κ2) is 9.61. The lowest BCUT2D eigenvalue weighted by Crippen LogP contribution is -2.12. The summed E-state index contributed by atoms with van der Waals surface area (Å²) < 4.78 is 13.8. The van der Waals surface area contributed by atoms with Gasteiger partial charge in [-0.1, -0.05) is 6.07 Å². The summed E-state index contributed by atoms with van der Waals surface area (Å²) in [4.78, 5) is 21.3. The smallest absolute Gasteiger partial charge is 0.255 e. The van der Waals surface area contributed by atoms with Crippen LogP contribution in [0.25, 0.3) is 10.9 Å². The number of nitrogens with zero attached hydrogens (tertiary/aromatic N) is 2. The molecule has 0 fully saturated rings. The third kappa shape index (κ3) is 5.25. The monoisotopic (exact) mass is 463 g/mol. The molecule has 0 aliphatic carbocycles. The van der Waals surface area contributed by atoms with Gasteiger partial charge < -0.3 is 16.0 Å². The third-order valence-corrected chi connectivity index (χ3v) is 5.44. The fourth-order valence-corrected chi connectivity index (χ4v) is 3.75. The zero-order valence-electron chi connectivity index (χ0n) is 18.9. The number of carbonyl (C=O) groups excluding carboxylic acids is 1. The molecule has 35 heavy (non-hydrogen) atoms. The molecule has 2 aromatic heterocycles. The molecule has 0 saturated carbocycles. The first-order valence-electron chi connectivity index (χ1n) is 11.1. The van der Waals surface area contributed by atoms with Crippen LogP contribution in [0.1, 0.15) is 16.1 Å². The van der Waals surface area contributed by atoms with Crippen molar-refractivity contribution in [1.29, 1.82) is 0 Å². The summed E-state index contributed by atoms with van der Waals surface area (Å²) in [6, 6.07) is 24.7. The number of anilines is 5. The number of rotatable bonds is 6. The largest absolute Gasteiger partial charge is 0.355 e. The Kier molecular flexibility index (Phi) is 6.05. The number of fused-ring (bicyclic) bond motifs is 1. The zero-order chi connectivity index (χ0) is 24.2. The molecular formula is C28H22FN5O. The van der Waals surface area contributed by atoms with Crippen molar-refractivity contribution < 1.29 is 9.18 Å². The quantitative estimate of drug-likeness (QED) is 0.258. The molecule has 6 nitrogen and oxygen atoms in total. The van der Waals surface area contributed by atoms with Gasteiger partial charge in [-0.05, 0) is 85.8 Å². The minimum absolute atomic E-state index is 0.232. The van der Waals surface area contributed by atoms with Gasteiger partial charge in [0, 0.05) is 57.5 Å². The fourth-order valence-electron chi connectivity index (χ4n) is 3.75. The summed E-state index contributed by atoms with van der Waals surface area (Å²) in [6.07, 6.45) is 3.41. The first-order chi connectivity index (χ1) is 17.0. The number of pyridine rings is 2. The lowest BCUT2D eigenvalue weighted by molar-refractivity contribution is 0.102. The highest BCUT2D eigenvalue weighted by Crippen LogP contribution is 2.26. The molecule has 7 heteroatoms. The molecule has 0 unspecified atom stereocenters. The molecule has 1 amide bonds. The van der Waals surface area contributed by atoms with Gasteiger partial charge in [-0.15, -0.1) is 0 Å². The predicted molar refractivity (Wildman–Crippen MR) is 138 cm³/mol. The molecule has 0 aliphatic heterocycles. The van der Waals surface area contributed by atoms with Crippen molar-refractivity contribution in [3.05, 3.63) is 114 Å². The van der Waals surface area contributed by atoms with E-state index < -0.39 is 0 Å². The average molecular weight is 464 g/mol. The first kappa shape index (κ1) is 22.0. The van der Waals surface area contributed by atoms with Crippen LogP contribution in [0, 0.1) is 12.7 Å². The number of benzene rings is 3. The highest BCUT2D eigenvalue weighted by Gasteiger charge is 2.09. The van der Waals surface area contributed by atoms with Crippen LogP contribution < -0.4 is 16.0 Å². The van der Waals surface area contributed by atoms with Crippen LogP contribution in [-0.2, 0) is 0 Å². The molecule has 0 saturated heterocycles. The van der Waals surface area contributed by atoms with Crippen molar-refractivity contribution >= 4 is 45.2 Å². The van der Waals surface area contributed by atoms with Crippen LogP contribution in [0.3, 0.4) is 0 Å². The highest BCUT2D eigenvalue weighted by atomic mass is 19.1. The van der Waals surface area contributed by atoms with E-state index in [0.717, 1.165) is 17.1 Å². The van der Waals surface area contributed by atoms with Gasteiger partial charge in [0.25, 0.3) is 5.91 Å². The van der Waals surface area contributed by atoms with Crippen molar-refractivity contribution in [3.8, 4) is 0 Å². The Morgan fingerprint density at radius 1 is 0.743 bits per heavy atom. The number of hydrogen-bond acceptors (Lipinski definition) is 5. The molecule has 0 atom stereocenters. The molecule has 3 aromatic carbocycles. The maximum atomic E-state index is 13.8. The van der Waals surface area contributed by atoms with Gasteiger partial charge in [0.05, 0.1) is 5.52 Å². The molecule has 0 aliphatic rings. The standard InChI is InChI=1S/C28H22FN5O/c1-18-15-24(11-13-30-18)32-21-6-8-22(9-7-21)34-28(35)19-3-2-4-23(16-19)33-27-12-14-31-26-10-5-20(29)17-25(26)27/h2-17H,1H3,(H,30,32)(H,31,33)(H,34,35). The second-order valence-electron chi connectivity index (χ2n) is 8.07. The first-order valence-corrected chi connectivity index (χ1v) is 11.1. The van der Waals surface area contributed by atoms with Gasteiger partial charge in [-0.25, -0.2) is 4.39 Å². The second-order valence-corrected chi connectivity index (χ2v) is 8.07. The molecule has 2 heterocycles. The summed E-state index contributed by atoms with van der Waals surface area (Å²) >= 11 is 0. The van der Waals surface area contributed by atoms with Gasteiger partial charge in [0.15, 0.2) is 0 Å². The number of hydrogen-bond donors (Lipinski definition) is 3. The summed E-state index contributed by atoms with van der Waals surface area (Å²) in [5, 5.41) is 10.2. The normalized spacial score (nSPS) is 10.7. The Balaban J connectivity index is 1.28. The highest BCUT2D eigenvalue weighted by molar-refractivity contribution is 6.05. The lowest BCUT2D eigenvalue weighted by atomic mass is 10.1. The molecule has 0 bridgehead atoms. The van der Waals surface area contributed by atoms with Crippen LogP contribution in [0.5, 0.6) is 0 Å². The van der Waals surface area contributed by atoms with Crippen LogP contribution in [0.4, 0.5) is 32.8 Å². The molecule has 5 rings (SSSR count). The molecular weight excluding hydrogens is 441 g/mol. The van der Waals surface area contributed by atoms with E-state index in [1.807, 2.05) is 49.4 Å². The molecule has 5 aromatic rings. The lowest BCUT2D eigenvalue weighted by Gasteiger charge is -2.12. The van der Waals surface area contributed by atoms with E-state index in [-0.39, 0.29) is 11.7 Å². The zero-order valence-corrected chi connectivity index (χ0v) is 18.9. The van der Waals surface area contributed by atoms with E-state index in [9.17, 15) is 9.18 Å². The van der Waals surface area contributed by atoms with Crippen molar-refractivity contribution in [2.24, 2.45) is 0 Å². The average Bonchev–Trinajstić information content (AvgIpc) is 2.86. The molecule has 172 valence electrons. The summed E-state index contributed by atoms with van der Waals surface area (Å²) in [5.74, 6) is -0.566.